The Labute approximate surface area is 144 Å². The molecule has 2 aliphatic rings. The fourth-order valence-electron chi connectivity index (χ4n) is 3.93. The van der Waals surface area contributed by atoms with Crippen LogP contribution >= 0.6 is 0 Å². The van der Waals surface area contributed by atoms with Crippen molar-refractivity contribution in [2.75, 3.05) is 26.2 Å². The summed E-state index contributed by atoms with van der Waals surface area (Å²) in [7, 11) is 0. The Morgan fingerprint density at radius 2 is 1.71 bits per heavy atom. The number of piperidine rings is 1. The van der Waals surface area contributed by atoms with E-state index in [0.29, 0.717) is 0 Å². The lowest BCUT2D eigenvalue weighted by Crippen LogP contribution is -2.43. The highest BCUT2D eigenvalue weighted by molar-refractivity contribution is 5.35. The summed E-state index contributed by atoms with van der Waals surface area (Å²) < 4.78 is 12.0. The summed E-state index contributed by atoms with van der Waals surface area (Å²) in [5.41, 5.74) is 2.78. The van der Waals surface area contributed by atoms with Crippen molar-refractivity contribution in [3.05, 3.63) is 65.7 Å². The van der Waals surface area contributed by atoms with Crippen LogP contribution in [0.3, 0.4) is 0 Å². The van der Waals surface area contributed by atoms with Crippen LogP contribution in [0, 0.1) is 0 Å². The van der Waals surface area contributed by atoms with E-state index in [9.17, 15) is 0 Å². The van der Waals surface area contributed by atoms with Crippen molar-refractivity contribution in [2.45, 2.75) is 31.5 Å². The number of rotatable bonds is 5. The first-order chi connectivity index (χ1) is 11.9. The molecule has 1 saturated heterocycles. The summed E-state index contributed by atoms with van der Waals surface area (Å²) >= 11 is 0. The molecule has 0 N–H and O–H groups in total. The van der Waals surface area contributed by atoms with E-state index in [1.807, 2.05) is 30.3 Å². The Morgan fingerprint density at radius 3 is 2.54 bits per heavy atom. The molecule has 2 aromatic rings. The molecule has 3 nitrogen and oxygen atoms in total. The molecule has 0 atom stereocenters. The molecule has 24 heavy (non-hydrogen) atoms. The van der Waals surface area contributed by atoms with Gasteiger partial charge in [-0.15, -0.1) is 0 Å². The van der Waals surface area contributed by atoms with E-state index in [4.69, 9.17) is 9.47 Å². The van der Waals surface area contributed by atoms with Crippen molar-refractivity contribution in [1.29, 1.82) is 0 Å². The number of nitrogens with zero attached hydrogens (tertiary/aromatic N) is 1. The topological polar surface area (TPSA) is 21.7 Å². The molecule has 0 aromatic heterocycles. The number of hydrogen-bond donors (Lipinski definition) is 0. The van der Waals surface area contributed by atoms with Gasteiger partial charge in [-0.05, 0) is 42.5 Å². The third-order valence-electron chi connectivity index (χ3n) is 5.31. The first-order valence-corrected chi connectivity index (χ1v) is 8.98. The predicted molar refractivity (Wildman–Crippen MR) is 95.1 cm³/mol. The van der Waals surface area contributed by atoms with Crippen LogP contribution in [-0.4, -0.2) is 31.1 Å². The van der Waals surface area contributed by atoms with Crippen LogP contribution < -0.4 is 4.74 Å². The number of hydrogen-bond acceptors (Lipinski definition) is 3. The van der Waals surface area contributed by atoms with Gasteiger partial charge in [-0.2, -0.15) is 0 Å². The van der Waals surface area contributed by atoms with E-state index < -0.39 is 0 Å². The molecule has 3 heteroatoms. The number of benzene rings is 2. The zero-order valence-corrected chi connectivity index (χ0v) is 14.1. The molecule has 4 rings (SSSR count). The Kier molecular flexibility index (Phi) is 4.54. The molecular weight excluding hydrogens is 298 g/mol. The van der Waals surface area contributed by atoms with Crippen LogP contribution in [0.5, 0.6) is 5.75 Å². The van der Waals surface area contributed by atoms with Gasteiger partial charge in [-0.3, -0.25) is 0 Å². The molecule has 2 heterocycles. The van der Waals surface area contributed by atoms with Crippen LogP contribution in [0.4, 0.5) is 0 Å². The lowest BCUT2D eigenvalue weighted by Gasteiger charge is -2.39. The van der Waals surface area contributed by atoms with E-state index in [1.165, 1.54) is 11.1 Å². The second-order valence-corrected chi connectivity index (χ2v) is 6.80. The molecule has 0 bridgehead atoms. The number of para-hydroxylation sites is 1. The Hall–Kier alpha value is -1.84. The smallest absolute Gasteiger partial charge is 0.119 e. The minimum Gasteiger partial charge on any atom is -0.494 e. The maximum atomic E-state index is 6.23. The Morgan fingerprint density at radius 1 is 0.958 bits per heavy atom. The standard InChI is InChI=1S/C21H25NO2/c1-2-8-19(9-3-1)23-16-6-13-22-14-11-21(12-15-22)20-10-5-4-7-18(20)17-24-21/h1-5,7-10H,6,11-17H2. The molecule has 0 saturated carbocycles. The highest BCUT2D eigenvalue weighted by atomic mass is 16.5. The largest absolute Gasteiger partial charge is 0.494 e. The van der Waals surface area contributed by atoms with Crippen LogP contribution in [0.15, 0.2) is 54.6 Å². The van der Waals surface area contributed by atoms with E-state index >= 15 is 0 Å². The van der Waals surface area contributed by atoms with Crippen molar-refractivity contribution in [1.82, 2.24) is 4.90 Å². The van der Waals surface area contributed by atoms with Crippen LogP contribution in [0.25, 0.3) is 0 Å². The summed E-state index contributed by atoms with van der Waals surface area (Å²) in [5.74, 6) is 0.964. The van der Waals surface area contributed by atoms with Gasteiger partial charge in [0.2, 0.25) is 0 Å². The van der Waals surface area contributed by atoms with Gasteiger partial charge in [0.05, 0.1) is 18.8 Å². The first-order valence-electron chi connectivity index (χ1n) is 8.98. The average Bonchev–Trinajstić information content (AvgIpc) is 3.00. The van der Waals surface area contributed by atoms with E-state index in [0.717, 1.165) is 57.9 Å². The van der Waals surface area contributed by atoms with Crippen molar-refractivity contribution in [3.8, 4) is 5.75 Å². The molecule has 2 aromatic carbocycles. The maximum absolute atomic E-state index is 6.23. The minimum atomic E-state index is -0.0202. The van der Waals surface area contributed by atoms with Gasteiger partial charge in [0.1, 0.15) is 5.75 Å². The molecule has 1 fully saturated rings. The second kappa shape index (κ2) is 6.96. The molecule has 0 unspecified atom stereocenters. The molecule has 0 radical (unpaired) electrons. The second-order valence-electron chi connectivity index (χ2n) is 6.80. The highest BCUT2D eigenvalue weighted by Crippen LogP contribution is 2.43. The van der Waals surface area contributed by atoms with Gasteiger partial charge < -0.3 is 14.4 Å². The molecule has 0 aliphatic carbocycles. The number of fused-ring (bicyclic) bond motifs is 2. The van der Waals surface area contributed by atoms with Crippen LogP contribution in [-0.2, 0) is 16.9 Å². The quantitative estimate of drug-likeness (QED) is 0.777. The van der Waals surface area contributed by atoms with Crippen molar-refractivity contribution >= 4 is 0 Å². The van der Waals surface area contributed by atoms with Crippen LogP contribution in [0.1, 0.15) is 30.4 Å². The summed E-state index contributed by atoms with van der Waals surface area (Å²) in [4.78, 5) is 2.55. The molecular formula is C21H25NO2. The minimum absolute atomic E-state index is 0.0202. The Balaban J connectivity index is 1.24. The summed E-state index contributed by atoms with van der Waals surface area (Å²) in [6.45, 7) is 4.88. The monoisotopic (exact) mass is 323 g/mol. The molecule has 0 amide bonds. The van der Waals surface area contributed by atoms with E-state index in [-0.39, 0.29) is 5.60 Å². The van der Waals surface area contributed by atoms with Gasteiger partial charge in [0.15, 0.2) is 0 Å². The third-order valence-corrected chi connectivity index (χ3v) is 5.31. The van der Waals surface area contributed by atoms with Gasteiger partial charge in [0.25, 0.3) is 0 Å². The fraction of sp³-hybridized carbons (Fsp3) is 0.429. The van der Waals surface area contributed by atoms with E-state index in [1.54, 1.807) is 0 Å². The van der Waals surface area contributed by atoms with Crippen molar-refractivity contribution < 1.29 is 9.47 Å². The predicted octanol–water partition coefficient (Wildman–Crippen LogP) is 3.98. The highest BCUT2D eigenvalue weighted by Gasteiger charge is 2.42. The first kappa shape index (κ1) is 15.7. The lowest BCUT2D eigenvalue weighted by atomic mass is 9.84. The number of likely N-dealkylation sites (tertiary alicyclic amines) is 1. The molecule has 2 aliphatic heterocycles. The summed E-state index contributed by atoms with van der Waals surface area (Å²) in [6.07, 6.45) is 3.27. The normalized spacial score (nSPS) is 19.3. The molecule has 1 spiro atoms. The van der Waals surface area contributed by atoms with Gasteiger partial charge >= 0.3 is 0 Å². The maximum Gasteiger partial charge on any atom is 0.119 e. The lowest BCUT2D eigenvalue weighted by molar-refractivity contribution is -0.0790. The van der Waals surface area contributed by atoms with Crippen molar-refractivity contribution in [3.63, 3.8) is 0 Å². The SMILES string of the molecule is c1ccc(OCCCN2CCC3(CC2)OCc2ccccc23)cc1. The van der Waals surface area contributed by atoms with Crippen molar-refractivity contribution in [2.24, 2.45) is 0 Å². The fourth-order valence-corrected chi connectivity index (χ4v) is 3.93. The zero-order valence-electron chi connectivity index (χ0n) is 14.1. The Bertz CT molecular complexity index is 663. The third kappa shape index (κ3) is 3.19. The van der Waals surface area contributed by atoms with Crippen LogP contribution in [0.2, 0.25) is 0 Å². The van der Waals surface area contributed by atoms with E-state index in [2.05, 4.69) is 29.2 Å². The zero-order chi connectivity index (χ0) is 16.2. The van der Waals surface area contributed by atoms with Gasteiger partial charge in [-0.1, -0.05) is 42.5 Å². The summed E-state index contributed by atoms with van der Waals surface area (Å²) in [6, 6.07) is 18.8. The number of ether oxygens (including phenoxy) is 2. The average molecular weight is 323 g/mol. The van der Waals surface area contributed by atoms with Gasteiger partial charge in [-0.25, -0.2) is 0 Å². The van der Waals surface area contributed by atoms with Gasteiger partial charge in [0, 0.05) is 19.6 Å². The summed E-state index contributed by atoms with van der Waals surface area (Å²) in [5, 5.41) is 0. The molecule has 126 valence electrons.